The van der Waals surface area contributed by atoms with Gasteiger partial charge in [-0.25, -0.2) is 4.79 Å². The van der Waals surface area contributed by atoms with E-state index >= 15 is 0 Å². The minimum Gasteiger partial charge on any atom is -0.463 e. The lowest BCUT2D eigenvalue weighted by molar-refractivity contribution is -0.139. The van der Waals surface area contributed by atoms with Gasteiger partial charge in [0.05, 0.1) is 18.3 Å². The molecule has 2 N–H and O–H groups in total. The predicted octanol–water partition coefficient (Wildman–Crippen LogP) is 1.02. The number of carbonyl (C=O) groups excluding carboxylic acids is 1. The summed E-state index contributed by atoms with van der Waals surface area (Å²) in [7, 11) is 0. The van der Waals surface area contributed by atoms with Crippen molar-refractivity contribution < 1.29 is 19.7 Å². The molecule has 0 heterocycles. The molecule has 0 fully saturated rings. The molecule has 0 aliphatic carbocycles. The predicted molar refractivity (Wildman–Crippen MR) is 57.3 cm³/mol. The lowest BCUT2D eigenvalue weighted by Gasteiger charge is -2.12. The Labute approximate surface area is 90.6 Å². The van der Waals surface area contributed by atoms with Gasteiger partial charge >= 0.3 is 5.97 Å². The van der Waals surface area contributed by atoms with Crippen molar-refractivity contribution in [2.75, 3.05) is 13.2 Å². The van der Waals surface area contributed by atoms with Crippen molar-refractivity contribution in [1.82, 2.24) is 0 Å². The highest BCUT2D eigenvalue weighted by Gasteiger charge is 2.16. The number of esters is 1. The highest BCUT2D eigenvalue weighted by Crippen LogP contribution is 2.11. The molecule has 0 saturated heterocycles. The summed E-state index contributed by atoms with van der Waals surface area (Å²) in [4.78, 5) is 11.2. The molecular weight excluding hydrogens is 196 g/mol. The molecule has 0 saturated carbocycles. The zero-order valence-corrected chi connectivity index (χ0v) is 9.24. The number of hydrogen-bond acceptors (Lipinski definition) is 4. The van der Waals surface area contributed by atoms with E-state index < -0.39 is 12.1 Å². The van der Waals surface area contributed by atoms with Crippen LogP contribution in [0.2, 0.25) is 0 Å². The first-order valence-electron chi connectivity index (χ1n) is 5.28. The van der Waals surface area contributed by atoms with Crippen LogP contribution in [0.4, 0.5) is 0 Å². The molecule has 0 aliphatic heterocycles. The molecule has 1 unspecified atom stereocenters. The minimum absolute atomic E-state index is 0.112. The van der Waals surface area contributed by atoms with Crippen molar-refractivity contribution in [3.05, 3.63) is 12.2 Å². The van der Waals surface area contributed by atoms with E-state index in [9.17, 15) is 9.90 Å². The normalized spacial score (nSPS) is 12.2. The number of aliphatic hydroxyl groups excluding tert-OH is 2. The Morgan fingerprint density at radius 1 is 1.40 bits per heavy atom. The molecule has 0 radical (unpaired) electrons. The first kappa shape index (κ1) is 14.1. The van der Waals surface area contributed by atoms with Gasteiger partial charge in [-0.3, -0.25) is 0 Å². The zero-order chi connectivity index (χ0) is 11.7. The lowest BCUT2D eigenvalue weighted by atomic mass is 10.0. The summed E-state index contributed by atoms with van der Waals surface area (Å²) in [5.41, 5.74) is 0.112. The molecule has 0 aromatic heterocycles. The molecule has 4 nitrogen and oxygen atoms in total. The van der Waals surface area contributed by atoms with Crippen molar-refractivity contribution in [3.8, 4) is 0 Å². The second-order valence-corrected chi connectivity index (χ2v) is 3.33. The van der Waals surface area contributed by atoms with Gasteiger partial charge in [-0.05, 0) is 19.8 Å². The number of unbranched alkanes of at least 4 members (excludes halogenated alkanes) is 2. The molecule has 0 aliphatic rings. The van der Waals surface area contributed by atoms with Gasteiger partial charge in [0.15, 0.2) is 0 Å². The molecule has 4 heteroatoms. The average Bonchev–Trinajstić information content (AvgIpc) is 2.23. The smallest absolute Gasteiger partial charge is 0.336 e. The van der Waals surface area contributed by atoms with E-state index in [0.29, 0.717) is 6.42 Å². The number of ether oxygens (including phenoxy) is 1. The van der Waals surface area contributed by atoms with Crippen LogP contribution in [0, 0.1) is 0 Å². The van der Waals surface area contributed by atoms with Gasteiger partial charge in [0.25, 0.3) is 0 Å². The van der Waals surface area contributed by atoms with E-state index in [-0.39, 0.29) is 18.8 Å². The maximum Gasteiger partial charge on any atom is 0.336 e. The standard InChI is InChI=1S/C11H20O4/c1-3-15-11(14)9(2)10(13)7-5-4-6-8-12/h10,12-13H,2-8H2,1H3. The lowest BCUT2D eigenvalue weighted by Crippen LogP contribution is -2.19. The maximum atomic E-state index is 11.2. The number of aliphatic hydroxyl groups is 2. The van der Waals surface area contributed by atoms with Gasteiger partial charge in [0, 0.05) is 6.61 Å². The van der Waals surface area contributed by atoms with Crippen molar-refractivity contribution in [1.29, 1.82) is 0 Å². The fourth-order valence-electron chi connectivity index (χ4n) is 1.16. The van der Waals surface area contributed by atoms with Crippen LogP contribution in [0.25, 0.3) is 0 Å². The maximum absolute atomic E-state index is 11.2. The third-order valence-electron chi connectivity index (χ3n) is 2.08. The molecule has 88 valence electrons. The van der Waals surface area contributed by atoms with Crippen LogP contribution < -0.4 is 0 Å². The van der Waals surface area contributed by atoms with Crippen LogP contribution in [0.3, 0.4) is 0 Å². The molecule has 1 atom stereocenters. The van der Waals surface area contributed by atoms with Crippen LogP contribution in [-0.4, -0.2) is 35.5 Å². The van der Waals surface area contributed by atoms with Crippen LogP contribution in [-0.2, 0) is 9.53 Å². The number of hydrogen-bond donors (Lipinski definition) is 2. The van der Waals surface area contributed by atoms with Crippen LogP contribution in [0.5, 0.6) is 0 Å². The summed E-state index contributed by atoms with van der Waals surface area (Å²) in [6, 6.07) is 0. The highest BCUT2D eigenvalue weighted by molar-refractivity contribution is 5.88. The summed E-state index contributed by atoms with van der Waals surface area (Å²) < 4.78 is 4.71. The van der Waals surface area contributed by atoms with Gasteiger partial charge in [-0.2, -0.15) is 0 Å². The van der Waals surface area contributed by atoms with Crippen LogP contribution in [0.1, 0.15) is 32.6 Å². The van der Waals surface area contributed by atoms with Crippen molar-refractivity contribution in [2.45, 2.75) is 38.7 Å². The van der Waals surface area contributed by atoms with E-state index in [1.54, 1.807) is 6.92 Å². The Bertz CT molecular complexity index is 201. The molecule has 0 amide bonds. The Morgan fingerprint density at radius 2 is 2.07 bits per heavy atom. The molecule has 0 spiro atoms. The molecule has 0 bridgehead atoms. The van der Waals surface area contributed by atoms with E-state index in [4.69, 9.17) is 9.84 Å². The summed E-state index contributed by atoms with van der Waals surface area (Å²) in [5.74, 6) is -0.535. The molecular formula is C11H20O4. The van der Waals surface area contributed by atoms with Crippen LogP contribution in [0.15, 0.2) is 12.2 Å². The van der Waals surface area contributed by atoms with Crippen molar-refractivity contribution in [2.24, 2.45) is 0 Å². The highest BCUT2D eigenvalue weighted by atomic mass is 16.5. The Morgan fingerprint density at radius 3 is 2.60 bits per heavy atom. The monoisotopic (exact) mass is 216 g/mol. The second kappa shape index (κ2) is 8.44. The Hall–Kier alpha value is -0.870. The third kappa shape index (κ3) is 6.25. The van der Waals surface area contributed by atoms with E-state index in [1.807, 2.05) is 0 Å². The second-order valence-electron chi connectivity index (χ2n) is 3.33. The minimum atomic E-state index is -0.831. The van der Waals surface area contributed by atoms with Gasteiger partial charge in [0.2, 0.25) is 0 Å². The molecule has 0 rings (SSSR count). The molecule has 0 aromatic rings. The van der Waals surface area contributed by atoms with Crippen molar-refractivity contribution in [3.63, 3.8) is 0 Å². The summed E-state index contributed by atoms with van der Waals surface area (Å²) in [6.07, 6.45) is 1.97. The van der Waals surface area contributed by atoms with Gasteiger partial charge < -0.3 is 14.9 Å². The number of rotatable bonds is 8. The first-order valence-corrected chi connectivity index (χ1v) is 5.28. The average molecular weight is 216 g/mol. The topological polar surface area (TPSA) is 66.8 Å². The van der Waals surface area contributed by atoms with Crippen LogP contribution >= 0.6 is 0 Å². The fraction of sp³-hybridized carbons (Fsp3) is 0.727. The Kier molecular flexibility index (Phi) is 7.95. The molecule has 0 aromatic carbocycles. The van der Waals surface area contributed by atoms with Gasteiger partial charge in [0.1, 0.15) is 0 Å². The largest absolute Gasteiger partial charge is 0.463 e. The SMILES string of the molecule is C=C(C(=O)OCC)C(O)CCCCCO. The molecule has 15 heavy (non-hydrogen) atoms. The summed E-state index contributed by atoms with van der Waals surface area (Å²) >= 11 is 0. The van der Waals surface area contributed by atoms with Crippen molar-refractivity contribution >= 4 is 5.97 Å². The third-order valence-corrected chi connectivity index (χ3v) is 2.08. The first-order chi connectivity index (χ1) is 7.13. The quantitative estimate of drug-likeness (QED) is 0.361. The summed E-state index contributed by atoms with van der Waals surface area (Å²) in [5, 5.41) is 18.1. The van der Waals surface area contributed by atoms with Gasteiger partial charge in [-0.1, -0.05) is 19.4 Å². The number of carbonyl (C=O) groups is 1. The van der Waals surface area contributed by atoms with E-state index in [0.717, 1.165) is 19.3 Å². The fourth-order valence-corrected chi connectivity index (χ4v) is 1.16. The zero-order valence-electron chi connectivity index (χ0n) is 9.24. The van der Waals surface area contributed by atoms with Gasteiger partial charge in [-0.15, -0.1) is 0 Å². The summed E-state index contributed by atoms with van der Waals surface area (Å²) in [6.45, 7) is 5.65. The Balaban J connectivity index is 3.73. The van der Waals surface area contributed by atoms with E-state index in [2.05, 4.69) is 6.58 Å². The van der Waals surface area contributed by atoms with E-state index in [1.165, 1.54) is 0 Å².